The molecule has 1 saturated heterocycles. The Labute approximate surface area is 168 Å². The number of aromatic nitrogens is 6. The van der Waals surface area contributed by atoms with Crippen LogP contribution >= 0.6 is 12.4 Å². The topological polar surface area (TPSA) is 103 Å². The monoisotopic (exact) mass is 402 g/mol. The van der Waals surface area contributed by atoms with Crippen LogP contribution in [0, 0.1) is 6.92 Å². The molecule has 2 aromatic heterocycles. The van der Waals surface area contributed by atoms with E-state index in [1.54, 1.807) is 22.6 Å². The van der Waals surface area contributed by atoms with Gasteiger partial charge in [0.05, 0.1) is 11.9 Å². The largest absolute Gasteiger partial charge is 0.317 e. The third-order valence-corrected chi connectivity index (χ3v) is 4.70. The summed E-state index contributed by atoms with van der Waals surface area (Å²) in [5, 5.41) is 18.6. The fourth-order valence-corrected chi connectivity index (χ4v) is 3.20. The van der Waals surface area contributed by atoms with E-state index in [1.165, 1.54) is 0 Å². The zero-order valence-electron chi connectivity index (χ0n) is 15.8. The minimum absolute atomic E-state index is 0. The molecule has 1 aliphatic rings. The molecule has 1 fully saturated rings. The molecule has 1 aliphatic heterocycles. The van der Waals surface area contributed by atoms with Gasteiger partial charge in [0.15, 0.2) is 11.5 Å². The highest BCUT2D eigenvalue weighted by molar-refractivity contribution is 6.01. The number of hydrogen-bond acceptors (Lipinski definition) is 6. The smallest absolute Gasteiger partial charge is 0.280 e. The molecule has 0 unspecified atom stereocenters. The molecule has 10 heteroatoms. The molecule has 0 spiro atoms. The van der Waals surface area contributed by atoms with Crippen LogP contribution in [0.5, 0.6) is 0 Å². The number of hydrogen-bond donors (Lipinski definition) is 2. The van der Waals surface area contributed by atoms with Crippen LogP contribution in [0.25, 0.3) is 5.69 Å². The minimum Gasteiger partial charge on any atom is -0.317 e. The van der Waals surface area contributed by atoms with E-state index in [4.69, 9.17) is 0 Å². The lowest BCUT2D eigenvalue weighted by molar-refractivity contribution is 0.102. The van der Waals surface area contributed by atoms with E-state index < -0.39 is 0 Å². The summed E-state index contributed by atoms with van der Waals surface area (Å²) in [6, 6.07) is 7.83. The number of carbonyl (C=O) groups excluding carboxylic acids is 1. The quantitative estimate of drug-likeness (QED) is 0.690. The Morgan fingerprint density at radius 2 is 2.07 bits per heavy atom. The van der Waals surface area contributed by atoms with Crippen molar-refractivity contribution in [2.75, 3.05) is 18.4 Å². The average Bonchev–Trinajstić information content (AvgIpc) is 3.30. The number of carbonyl (C=O) groups is 1. The SMILES string of the molecule is Cc1cccc(-n2cc(C(=O)Nc3nc(C4CCNCC4)nn3C)nn2)c1.Cl. The molecule has 3 heterocycles. The molecule has 9 nitrogen and oxygen atoms in total. The highest BCUT2D eigenvalue weighted by atomic mass is 35.5. The first-order chi connectivity index (χ1) is 13.1. The van der Waals surface area contributed by atoms with E-state index in [0.717, 1.165) is 43.0 Å². The highest BCUT2D eigenvalue weighted by Gasteiger charge is 2.22. The lowest BCUT2D eigenvalue weighted by Gasteiger charge is -2.19. The molecule has 0 bridgehead atoms. The first-order valence-electron chi connectivity index (χ1n) is 9.02. The maximum atomic E-state index is 12.5. The summed E-state index contributed by atoms with van der Waals surface area (Å²) >= 11 is 0. The Hall–Kier alpha value is -2.78. The van der Waals surface area contributed by atoms with Crippen LogP contribution in [0.2, 0.25) is 0 Å². The Morgan fingerprint density at radius 3 is 2.82 bits per heavy atom. The number of anilines is 1. The third kappa shape index (κ3) is 4.20. The molecule has 148 valence electrons. The molecule has 28 heavy (non-hydrogen) atoms. The van der Waals surface area contributed by atoms with Gasteiger partial charge in [0, 0.05) is 13.0 Å². The second kappa shape index (κ2) is 8.49. The minimum atomic E-state index is -0.360. The molecule has 3 aromatic rings. The predicted octanol–water partition coefficient (Wildman–Crippen LogP) is 1.85. The van der Waals surface area contributed by atoms with Gasteiger partial charge in [-0.15, -0.1) is 17.5 Å². The molecular formula is C18H23ClN8O. The van der Waals surface area contributed by atoms with E-state index >= 15 is 0 Å². The lowest BCUT2D eigenvalue weighted by atomic mass is 9.98. The summed E-state index contributed by atoms with van der Waals surface area (Å²) in [4.78, 5) is 17.1. The fraction of sp³-hybridized carbons (Fsp3) is 0.389. The molecule has 1 aromatic carbocycles. The van der Waals surface area contributed by atoms with Crippen LogP contribution < -0.4 is 10.6 Å². The number of amides is 1. The number of rotatable bonds is 4. The van der Waals surface area contributed by atoms with Crippen LogP contribution in [0.4, 0.5) is 5.95 Å². The van der Waals surface area contributed by atoms with Gasteiger partial charge in [0.2, 0.25) is 5.95 Å². The van der Waals surface area contributed by atoms with Gasteiger partial charge >= 0.3 is 0 Å². The van der Waals surface area contributed by atoms with Crippen molar-refractivity contribution in [1.82, 2.24) is 35.1 Å². The van der Waals surface area contributed by atoms with Crippen molar-refractivity contribution in [1.29, 1.82) is 0 Å². The van der Waals surface area contributed by atoms with Gasteiger partial charge in [-0.25, -0.2) is 9.36 Å². The summed E-state index contributed by atoms with van der Waals surface area (Å²) in [5.41, 5.74) is 2.19. The number of nitrogens with one attached hydrogen (secondary N) is 2. The standard InChI is InChI=1S/C18H22N8O.ClH/c1-12-4-3-5-14(10-12)26-11-15(22-24-26)17(27)21-18-20-16(23-25(18)2)13-6-8-19-9-7-13;/h3-5,10-11,13,19H,6-9H2,1-2H3,(H,20,21,23,27);1H. The summed E-state index contributed by atoms with van der Waals surface area (Å²) in [6.45, 7) is 3.93. The molecular weight excluding hydrogens is 380 g/mol. The first kappa shape index (κ1) is 20.0. The van der Waals surface area contributed by atoms with Crippen LogP contribution in [0.3, 0.4) is 0 Å². The van der Waals surface area contributed by atoms with Gasteiger partial charge in [-0.2, -0.15) is 10.1 Å². The number of nitrogens with zero attached hydrogens (tertiary/aromatic N) is 6. The van der Waals surface area contributed by atoms with E-state index in [0.29, 0.717) is 11.9 Å². The zero-order valence-corrected chi connectivity index (χ0v) is 16.6. The Bertz CT molecular complexity index is 960. The molecule has 0 atom stereocenters. The maximum absolute atomic E-state index is 12.5. The maximum Gasteiger partial charge on any atom is 0.280 e. The van der Waals surface area contributed by atoms with Crippen molar-refractivity contribution in [3.8, 4) is 5.69 Å². The highest BCUT2D eigenvalue weighted by Crippen LogP contribution is 2.23. The van der Waals surface area contributed by atoms with E-state index in [2.05, 4.69) is 31.0 Å². The Kier molecular flexibility index (Phi) is 6.05. The predicted molar refractivity (Wildman–Crippen MR) is 107 cm³/mol. The normalized spacial score (nSPS) is 14.5. The van der Waals surface area contributed by atoms with E-state index in [1.807, 2.05) is 31.2 Å². The fourth-order valence-electron chi connectivity index (χ4n) is 3.20. The van der Waals surface area contributed by atoms with Crippen LogP contribution in [-0.4, -0.2) is 48.8 Å². The molecule has 0 saturated carbocycles. The third-order valence-electron chi connectivity index (χ3n) is 4.70. The van der Waals surface area contributed by atoms with E-state index in [9.17, 15) is 4.79 Å². The number of aryl methyl sites for hydroxylation is 2. The zero-order chi connectivity index (χ0) is 18.8. The van der Waals surface area contributed by atoms with Crippen LogP contribution in [0.1, 0.15) is 40.6 Å². The van der Waals surface area contributed by atoms with Gasteiger partial charge in [0.1, 0.15) is 0 Å². The number of benzene rings is 1. The summed E-state index contributed by atoms with van der Waals surface area (Å²) in [7, 11) is 1.77. The van der Waals surface area contributed by atoms with Crippen LogP contribution in [0.15, 0.2) is 30.5 Å². The van der Waals surface area contributed by atoms with Crippen molar-refractivity contribution in [2.24, 2.45) is 7.05 Å². The van der Waals surface area contributed by atoms with Crippen molar-refractivity contribution in [2.45, 2.75) is 25.7 Å². The summed E-state index contributed by atoms with van der Waals surface area (Å²) in [6.07, 6.45) is 3.61. The van der Waals surface area contributed by atoms with Gasteiger partial charge in [-0.05, 0) is 50.6 Å². The van der Waals surface area contributed by atoms with E-state index in [-0.39, 0.29) is 24.0 Å². The number of halogens is 1. The molecule has 4 rings (SSSR count). The van der Waals surface area contributed by atoms with Crippen molar-refractivity contribution in [3.05, 3.63) is 47.5 Å². The lowest BCUT2D eigenvalue weighted by Crippen LogP contribution is -2.27. The van der Waals surface area contributed by atoms with Crippen molar-refractivity contribution < 1.29 is 4.79 Å². The average molecular weight is 403 g/mol. The van der Waals surface area contributed by atoms with Gasteiger partial charge in [-0.3, -0.25) is 10.1 Å². The molecule has 2 N–H and O–H groups in total. The summed E-state index contributed by atoms with van der Waals surface area (Å²) < 4.78 is 3.18. The summed E-state index contributed by atoms with van der Waals surface area (Å²) in [5.74, 6) is 1.16. The molecule has 1 amide bonds. The first-order valence-corrected chi connectivity index (χ1v) is 9.02. The van der Waals surface area contributed by atoms with Crippen LogP contribution in [-0.2, 0) is 7.05 Å². The Morgan fingerprint density at radius 1 is 1.29 bits per heavy atom. The Balaban J connectivity index is 0.00000225. The van der Waals surface area contributed by atoms with Gasteiger partial charge in [0.25, 0.3) is 5.91 Å². The second-order valence-electron chi connectivity index (χ2n) is 6.78. The molecule has 0 aliphatic carbocycles. The van der Waals surface area contributed by atoms with Gasteiger partial charge in [-0.1, -0.05) is 17.3 Å². The van der Waals surface area contributed by atoms with Gasteiger partial charge < -0.3 is 5.32 Å². The molecule has 0 radical (unpaired) electrons. The second-order valence-corrected chi connectivity index (χ2v) is 6.78. The van der Waals surface area contributed by atoms with Crippen molar-refractivity contribution >= 4 is 24.3 Å². The van der Waals surface area contributed by atoms with Crippen molar-refractivity contribution in [3.63, 3.8) is 0 Å². The number of piperidine rings is 1.